The molecule has 0 aliphatic carbocycles. The molecule has 0 fully saturated rings. The van der Waals surface area contributed by atoms with E-state index in [1.54, 1.807) is 6.07 Å². The van der Waals surface area contributed by atoms with E-state index in [0.717, 1.165) is 27.8 Å². The highest BCUT2D eigenvalue weighted by molar-refractivity contribution is 6.32. The van der Waals surface area contributed by atoms with Gasteiger partial charge in [-0.25, -0.2) is 4.79 Å². The van der Waals surface area contributed by atoms with E-state index in [1.807, 2.05) is 44.2 Å². The summed E-state index contributed by atoms with van der Waals surface area (Å²) in [5.41, 5.74) is 2.81. The fraction of sp³-hybridized carbons (Fsp3) is 0.167. The Morgan fingerprint density at radius 2 is 1.86 bits per heavy atom. The van der Waals surface area contributed by atoms with Crippen molar-refractivity contribution in [3.8, 4) is 5.75 Å². The van der Waals surface area contributed by atoms with Gasteiger partial charge in [-0.05, 0) is 43.2 Å². The lowest BCUT2D eigenvalue weighted by Crippen LogP contribution is -2.04. The number of aryl methyl sites for hydroxylation is 2. The average Bonchev–Trinajstić information content (AvgIpc) is 2.48. The maximum atomic E-state index is 11.7. The maximum Gasteiger partial charge on any atom is 0.336 e. The van der Waals surface area contributed by atoms with E-state index in [2.05, 4.69) is 0 Å². The predicted octanol–water partition coefficient (Wildman–Crippen LogP) is 4.64. The first-order valence-corrected chi connectivity index (χ1v) is 7.34. The van der Waals surface area contributed by atoms with Crippen LogP contribution in [0.1, 0.15) is 16.7 Å². The van der Waals surface area contributed by atoms with E-state index >= 15 is 0 Å². The number of halogens is 1. The molecule has 0 bridgehead atoms. The van der Waals surface area contributed by atoms with Crippen molar-refractivity contribution in [2.24, 2.45) is 0 Å². The summed E-state index contributed by atoms with van der Waals surface area (Å²) in [5, 5.41) is 1.43. The summed E-state index contributed by atoms with van der Waals surface area (Å²) >= 11 is 6.18. The Kier molecular flexibility index (Phi) is 3.90. The number of rotatable bonds is 3. The summed E-state index contributed by atoms with van der Waals surface area (Å²) in [5.74, 6) is 0.794. The Balaban J connectivity index is 2.01. The van der Waals surface area contributed by atoms with Gasteiger partial charge >= 0.3 is 5.63 Å². The van der Waals surface area contributed by atoms with Crippen molar-refractivity contribution < 1.29 is 9.15 Å². The molecule has 1 heterocycles. The molecule has 0 atom stereocenters. The van der Waals surface area contributed by atoms with Gasteiger partial charge in [0, 0.05) is 22.0 Å². The Morgan fingerprint density at radius 1 is 1.09 bits per heavy atom. The van der Waals surface area contributed by atoms with Crippen molar-refractivity contribution in [3.05, 3.63) is 74.6 Å². The SMILES string of the molecule is Cc1cc2oc(=O)cc(COc3ccccc3C)c2cc1Cl. The Morgan fingerprint density at radius 3 is 2.64 bits per heavy atom. The Hall–Kier alpha value is -2.26. The first kappa shape index (κ1) is 14.7. The highest BCUT2D eigenvalue weighted by Gasteiger charge is 2.09. The van der Waals surface area contributed by atoms with Crippen LogP contribution in [-0.4, -0.2) is 0 Å². The summed E-state index contributed by atoms with van der Waals surface area (Å²) in [6.07, 6.45) is 0. The van der Waals surface area contributed by atoms with Crippen molar-refractivity contribution in [3.63, 3.8) is 0 Å². The molecule has 4 heteroatoms. The molecule has 22 heavy (non-hydrogen) atoms. The quantitative estimate of drug-likeness (QED) is 0.661. The van der Waals surface area contributed by atoms with Gasteiger partial charge in [0.2, 0.25) is 0 Å². The fourth-order valence-electron chi connectivity index (χ4n) is 2.34. The molecule has 0 saturated heterocycles. The number of hydrogen-bond donors (Lipinski definition) is 0. The van der Waals surface area contributed by atoms with Gasteiger partial charge in [-0.2, -0.15) is 0 Å². The second-order valence-corrected chi connectivity index (χ2v) is 5.65. The Bertz CT molecular complexity index is 896. The van der Waals surface area contributed by atoms with Crippen LogP contribution in [0.4, 0.5) is 0 Å². The lowest BCUT2D eigenvalue weighted by atomic mass is 10.1. The second-order valence-electron chi connectivity index (χ2n) is 5.24. The minimum Gasteiger partial charge on any atom is -0.489 e. The predicted molar refractivity (Wildman–Crippen MR) is 87.7 cm³/mol. The zero-order valence-corrected chi connectivity index (χ0v) is 13.1. The van der Waals surface area contributed by atoms with Gasteiger partial charge in [0.25, 0.3) is 0 Å². The number of para-hydroxylation sites is 1. The standard InChI is InChI=1S/C18H15ClO3/c1-11-5-3-4-6-16(11)21-10-13-8-18(20)22-17-7-12(2)15(19)9-14(13)17/h3-9H,10H2,1-2H3. The topological polar surface area (TPSA) is 39.4 Å². The van der Waals surface area contributed by atoms with Crippen molar-refractivity contribution in [2.45, 2.75) is 20.5 Å². The normalized spacial score (nSPS) is 10.9. The Labute approximate surface area is 133 Å². The molecule has 3 nitrogen and oxygen atoms in total. The minimum atomic E-state index is -0.391. The van der Waals surface area contributed by atoms with Crippen molar-refractivity contribution >= 4 is 22.6 Å². The van der Waals surface area contributed by atoms with Crippen LogP contribution in [0.2, 0.25) is 5.02 Å². The maximum absolute atomic E-state index is 11.7. The van der Waals surface area contributed by atoms with Crippen LogP contribution in [0.5, 0.6) is 5.75 Å². The molecule has 2 aromatic carbocycles. The van der Waals surface area contributed by atoms with Crippen LogP contribution in [0.15, 0.2) is 51.7 Å². The van der Waals surface area contributed by atoms with E-state index in [0.29, 0.717) is 10.6 Å². The zero-order valence-electron chi connectivity index (χ0n) is 12.4. The van der Waals surface area contributed by atoms with Gasteiger partial charge < -0.3 is 9.15 Å². The molecule has 0 aliphatic heterocycles. The number of benzene rings is 2. The lowest BCUT2D eigenvalue weighted by molar-refractivity contribution is 0.304. The van der Waals surface area contributed by atoms with Gasteiger partial charge in [0.1, 0.15) is 17.9 Å². The van der Waals surface area contributed by atoms with Crippen LogP contribution >= 0.6 is 11.6 Å². The van der Waals surface area contributed by atoms with E-state index in [4.69, 9.17) is 20.8 Å². The summed E-state index contributed by atoms with van der Waals surface area (Å²) in [6.45, 7) is 4.14. The molecular formula is C18H15ClO3. The fourth-order valence-corrected chi connectivity index (χ4v) is 2.51. The molecule has 0 saturated carbocycles. The zero-order chi connectivity index (χ0) is 15.7. The molecule has 0 unspecified atom stereocenters. The molecule has 1 aromatic heterocycles. The monoisotopic (exact) mass is 314 g/mol. The van der Waals surface area contributed by atoms with Crippen LogP contribution in [0.25, 0.3) is 11.0 Å². The van der Waals surface area contributed by atoms with Crippen LogP contribution in [0.3, 0.4) is 0 Å². The number of ether oxygens (including phenoxy) is 1. The second kappa shape index (κ2) is 5.85. The highest BCUT2D eigenvalue weighted by atomic mass is 35.5. The lowest BCUT2D eigenvalue weighted by Gasteiger charge is -2.11. The first-order valence-electron chi connectivity index (χ1n) is 6.96. The summed E-state index contributed by atoms with van der Waals surface area (Å²) in [4.78, 5) is 11.7. The third kappa shape index (κ3) is 2.85. The first-order chi connectivity index (χ1) is 10.5. The van der Waals surface area contributed by atoms with E-state index in [9.17, 15) is 4.79 Å². The van der Waals surface area contributed by atoms with E-state index in [1.165, 1.54) is 6.07 Å². The molecule has 0 N–H and O–H groups in total. The number of fused-ring (bicyclic) bond motifs is 1. The molecule has 0 spiro atoms. The van der Waals surface area contributed by atoms with Crippen molar-refractivity contribution in [2.75, 3.05) is 0 Å². The highest BCUT2D eigenvalue weighted by Crippen LogP contribution is 2.26. The number of hydrogen-bond acceptors (Lipinski definition) is 3. The van der Waals surface area contributed by atoms with Gasteiger partial charge in [0.15, 0.2) is 0 Å². The molecule has 0 aliphatic rings. The third-order valence-electron chi connectivity index (χ3n) is 3.59. The molecule has 3 rings (SSSR count). The molecule has 0 radical (unpaired) electrons. The van der Waals surface area contributed by atoms with Crippen LogP contribution in [-0.2, 0) is 6.61 Å². The molecule has 3 aromatic rings. The molecule has 112 valence electrons. The smallest absolute Gasteiger partial charge is 0.336 e. The van der Waals surface area contributed by atoms with Gasteiger partial charge in [-0.15, -0.1) is 0 Å². The average molecular weight is 315 g/mol. The minimum absolute atomic E-state index is 0.284. The third-order valence-corrected chi connectivity index (χ3v) is 3.99. The van der Waals surface area contributed by atoms with E-state index < -0.39 is 5.63 Å². The van der Waals surface area contributed by atoms with Gasteiger partial charge in [-0.3, -0.25) is 0 Å². The molecular weight excluding hydrogens is 300 g/mol. The van der Waals surface area contributed by atoms with Crippen molar-refractivity contribution in [1.82, 2.24) is 0 Å². The largest absolute Gasteiger partial charge is 0.489 e. The van der Waals surface area contributed by atoms with Gasteiger partial charge in [-0.1, -0.05) is 29.8 Å². The summed E-state index contributed by atoms with van der Waals surface area (Å²) in [7, 11) is 0. The summed E-state index contributed by atoms with van der Waals surface area (Å²) in [6, 6.07) is 12.8. The van der Waals surface area contributed by atoms with Crippen LogP contribution < -0.4 is 10.4 Å². The van der Waals surface area contributed by atoms with Crippen LogP contribution in [0, 0.1) is 13.8 Å². The van der Waals surface area contributed by atoms with E-state index in [-0.39, 0.29) is 6.61 Å². The van der Waals surface area contributed by atoms with Crippen molar-refractivity contribution in [1.29, 1.82) is 0 Å². The van der Waals surface area contributed by atoms with Gasteiger partial charge in [0.05, 0.1) is 0 Å². The molecule has 0 amide bonds. The summed E-state index contributed by atoms with van der Waals surface area (Å²) < 4.78 is 11.1.